The zero-order chi connectivity index (χ0) is 10.9. The zero-order valence-corrected chi connectivity index (χ0v) is 10.1. The summed E-state index contributed by atoms with van der Waals surface area (Å²) in [5.41, 5.74) is 15.1. The van der Waals surface area contributed by atoms with E-state index in [2.05, 4.69) is 25.3 Å². The summed E-state index contributed by atoms with van der Waals surface area (Å²) in [6, 6.07) is 3.77. The van der Waals surface area contributed by atoms with Gasteiger partial charge in [0.2, 0.25) is 0 Å². The van der Waals surface area contributed by atoms with Crippen molar-refractivity contribution in [3.63, 3.8) is 0 Å². The first-order valence-electron chi connectivity index (χ1n) is 4.48. The van der Waals surface area contributed by atoms with Gasteiger partial charge in [-0.15, -0.1) is 0 Å². The molecule has 0 saturated heterocycles. The smallest absolute Gasteiger partial charge is 0.0378 e. The van der Waals surface area contributed by atoms with Gasteiger partial charge < -0.3 is 11.5 Å². The monoisotopic (exact) mass is 228 g/mol. The Morgan fingerprint density at radius 1 is 0.929 bits per heavy atom. The van der Waals surface area contributed by atoms with Gasteiger partial charge in [-0.1, -0.05) is 0 Å². The SMILES string of the molecule is CC(S)c1cc(C(C)S)c(N)cc1N. The number of hydrogen-bond donors (Lipinski definition) is 4. The van der Waals surface area contributed by atoms with Crippen molar-refractivity contribution < 1.29 is 0 Å². The normalized spacial score (nSPS) is 15.1. The topological polar surface area (TPSA) is 52.0 Å². The van der Waals surface area contributed by atoms with E-state index in [0.717, 1.165) is 11.1 Å². The van der Waals surface area contributed by atoms with Crippen LogP contribution in [0.1, 0.15) is 35.5 Å². The second-order valence-corrected chi connectivity index (χ2v) is 5.01. The van der Waals surface area contributed by atoms with E-state index in [-0.39, 0.29) is 10.5 Å². The number of hydrogen-bond acceptors (Lipinski definition) is 4. The second-order valence-electron chi connectivity index (χ2n) is 3.46. The van der Waals surface area contributed by atoms with Crippen molar-refractivity contribution >= 4 is 36.6 Å². The van der Waals surface area contributed by atoms with E-state index in [9.17, 15) is 0 Å². The number of nitrogens with two attached hydrogens (primary N) is 2. The highest BCUT2D eigenvalue weighted by Gasteiger charge is 2.11. The number of nitrogen functional groups attached to an aromatic ring is 2. The molecule has 14 heavy (non-hydrogen) atoms. The van der Waals surface area contributed by atoms with Crippen LogP contribution in [-0.2, 0) is 0 Å². The van der Waals surface area contributed by atoms with E-state index in [0.29, 0.717) is 11.4 Å². The van der Waals surface area contributed by atoms with Crippen molar-refractivity contribution in [3.05, 3.63) is 23.3 Å². The van der Waals surface area contributed by atoms with Gasteiger partial charge >= 0.3 is 0 Å². The lowest BCUT2D eigenvalue weighted by molar-refractivity contribution is 1.07. The van der Waals surface area contributed by atoms with Crippen LogP contribution in [0.2, 0.25) is 0 Å². The average molecular weight is 228 g/mol. The van der Waals surface area contributed by atoms with Gasteiger partial charge in [0.05, 0.1) is 0 Å². The minimum atomic E-state index is 0.112. The number of thiol groups is 2. The maximum absolute atomic E-state index is 5.84. The molecule has 0 fully saturated rings. The third kappa shape index (κ3) is 2.30. The molecule has 0 radical (unpaired) electrons. The third-order valence-corrected chi connectivity index (χ3v) is 2.75. The molecular formula is C10H16N2S2. The highest BCUT2D eigenvalue weighted by Crippen LogP contribution is 2.33. The molecule has 2 nitrogen and oxygen atoms in total. The molecule has 1 aromatic carbocycles. The maximum atomic E-state index is 5.84. The van der Waals surface area contributed by atoms with Gasteiger partial charge in [-0.25, -0.2) is 0 Å². The molecule has 2 atom stereocenters. The van der Waals surface area contributed by atoms with Gasteiger partial charge in [0.1, 0.15) is 0 Å². The van der Waals surface area contributed by atoms with Crippen LogP contribution in [0, 0.1) is 0 Å². The Labute approximate surface area is 95.9 Å². The maximum Gasteiger partial charge on any atom is 0.0378 e. The molecule has 4 heteroatoms. The lowest BCUT2D eigenvalue weighted by atomic mass is 10.0. The van der Waals surface area contributed by atoms with Crippen molar-refractivity contribution in [2.45, 2.75) is 24.3 Å². The van der Waals surface area contributed by atoms with Crippen molar-refractivity contribution in [2.24, 2.45) is 0 Å². The van der Waals surface area contributed by atoms with E-state index >= 15 is 0 Å². The highest BCUT2D eigenvalue weighted by atomic mass is 32.1. The molecule has 2 unspecified atom stereocenters. The van der Waals surface area contributed by atoms with E-state index in [1.54, 1.807) is 6.07 Å². The van der Waals surface area contributed by atoms with Crippen LogP contribution >= 0.6 is 25.3 Å². The molecule has 0 amide bonds. The summed E-state index contributed by atoms with van der Waals surface area (Å²) in [6.45, 7) is 3.97. The van der Waals surface area contributed by atoms with Crippen molar-refractivity contribution in [2.75, 3.05) is 11.5 Å². The zero-order valence-electron chi connectivity index (χ0n) is 8.36. The second kappa shape index (κ2) is 4.36. The summed E-state index contributed by atoms with van der Waals surface area (Å²) in [4.78, 5) is 0. The van der Waals surface area contributed by atoms with Crippen molar-refractivity contribution in [1.82, 2.24) is 0 Å². The Kier molecular flexibility index (Phi) is 3.61. The molecule has 0 aromatic heterocycles. The summed E-state index contributed by atoms with van der Waals surface area (Å²) in [5.74, 6) is 0. The van der Waals surface area contributed by atoms with E-state index in [1.807, 2.05) is 19.9 Å². The Bertz CT molecular complexity index is 306. The van der Waals surface area contributed by atoms with Crippen molar-refractivity contribution in [1.29, 1.82) is 0 Å². The lowest BCUT2D eigenvalue weighted by Gasteiger charge is -2.15. The number of anilines is 2. The molecule has 78 valence electrons. The Hall–Kier alpha value is -0.480. The van der Waals surface area contributed by atoms with Gasteiger partial charge in [-0.2, -0.15) is 25.3 Å². The van der Waals surface area contributed by atoms with Crippen LogP contribution in [-0.4, -0.2) is 0 Å². The van der Waals surface area contributed by atoms with Gasteiger partial charge in [-0.3, -0.25) is 0 Å². The Morgan fingerprint density at radius 3 is 1.57 bits per heavy atom. The lowest BCUT2D eigenvalue weighted by Crippen LogP contribution is -2.02. The molecule has 4 N–H and O–H groups in total. The van der Waals surface area contributed by atoms with Crippen LogP contribution < -0.4 is 11.5 Å². The predicted molar refractivity (Wildman–Crippen MR) is 70.1 cm³/mol. The first-order chi connectivity index (χ1) is 6.43. The molecule has 1 aromatic rings. The van der Waals surface area contributed by atoms with Gasteiger partial charge in [0, 0.05) is 21.9 Å². The third-order valence-electron chi connectivity index (χ3n) is 2.19. The average Bonchev–Trinajstić information content (AvgIpc) is 2.02. The molecule has 0 aliphatic heterocycles. The fourth-order valence-corrected chi connectivity index (χ4v) is 1.84. The van der Waals surface area contributed by atoms with E-state index in [1.165, 1.54) is 0 Å². The minimum Gasteiger partial charge on any atom is -0.398 e. The van der Waals surface area contributed by atoms with Crippen molar-refractivity contribution in [3.8, 4) is 0 Å². The van der Waals surface area contributed by atoms with E-state index in [4.69, 9.17) is 11.5 Å². The van der Waals surface area contributed by atoms with Gasteiger partial charge in [0.25, 0.3) is 0 Å². The molecule has 0 aliphatic carbocycles. The molecule has 0 spiro atoms. The molecule has 1 rings (SSSR count). The predicted octanol–water partition coefficient (Wildman–Crippen LogP) is 2.83. The fraction of sp³-hybridized carbons (Fsp3) is 0.400. The van der Waals surface area contributed by atoms with Crippen LogP contribution in [0.4, 0.5) is 11.4 Å². The quantitative estimate of drug-likeness (QED) is 0.465. The highest BCUT2D eigenvalue weighted by molar-refractivity contribution is 7.80. The van der Waals surface area contributed by atoms with Crippen LogP contribution in [0.3, 0.4) is 0 Å². The molecule has 0 aliphatic rings. The summed E-state index contributed by atoms with van der Waals surface area (Å²) in [7, 11) is 0. The summed E-state index contributed by atoms with van der Waals surface area (Å²) >= 11 is 8.72. The molecule has 0 heterocycles. The van der Waals surface area contributed by atoms with Crippen LogP contribution in [0.15, 0.2) is 12.1 Å². The van der Waals surface area contributed by atoms with Crippen LogP contribution in [0.25, 0.3) is 0 Å². The van der Waals surface area contributed by atoms with Gasteiger partial charge in [-0.05, 0) is 37.1 Å². The fourth-order valence-electron chi connectivity index (χ4n) is 1.39. The first kappa shape index (κ1) is 11.6. The standard InChI is InChI=1S/C10H16N2S2/c1-5(13)7-3-8(6(2)14)10(12)4-9(7)11/h3-6,13-14H,11-12H2,1-2H3. The number of benzene rings is 1. The summed E-state index contributed by atoms with van der Waals surface area (Å²) < 4.78 is 0. The summed E-state index contributed by atoms with van der Waals surface area (Å²) in [5, 5.41) is 0.225. The minimum absolute atomic E-state index is 0.112. The largest absolute Gasteiger partial charge is 0.398 e. The summed E-state index contributed by atoms with van der Waals surface area (Å²) in [6.07, 6.45) is 0. The van der Waals surface area contributed by atoms with Crippen LogP contribution in [0.5, 0.6) is 0 Å². The van der Waals surface area contributed by atoms with E-state index < -0.39 is 0 Å². The van der Waals surface area contributed by atoms with Gasteiger partial charge in [0.15, 0.2) is 0 Å². The molecule has 0 bridgehead atoms. The molecule has 0 saturated carbocycles. The number of rotatable bonds is 2. The Morgan fingerprint density at radius 2 is 1.29 bits per heavy atom. The first-order valence-corrected chi connectivity index (χ1v) is 5.51. The molecular weight excluding hydrogens is 212 g/mol. The Balaban J connectivity index is 3.27.